The SMILES string of the molecule is CCCCCCCC(O)C1CCCc2ccccc21. The average molecular weight is 260 g/mol. The summed E-state index contributed by atoms with van der Waals surface area (Å²) in [6.45, 7) is 2.24. The second kappa shape index (κ2) is 7.69. The minimum Gasteiger partial charge on any atom is -0.392 e. The summed E-state index contributed by atoms with van der Waals surface area (Å²) in [5, 5.41) is 10.5. The highest BCUT2D eigenvalue weighted by Gasteiger charge is 2.25. The molecule has 0 saturated carbocycles. The highest BCUT2D eigenvalue weighted by Crippen LogP contribution is 2.35. The fourth-order valence-electron chi connectivity index (χ4n) is 3.35. The van der Waals surface area contributed by atoms with Crippen LogP contribution in [0, 0.1) is 0 Å². The smallest absolute Gasteiger partial charge is 0.0608 e. The van der Waals surface area contributed by atoms with Gasteiger partial charge >= 0.3 is 0 Å². The summed E-state index contributed by atoms with van der Waals surface area (Å²) in [6.07, 6.45) is 10.8. The van der Waals surface area contributed by atoms with Crippen LogP contribution in [0.5, 0.6) is 0 Å². The molecule has 0 aliphatic heterocycles. The van der Waals surface area contributed by atoms with Gasteiger partial charge in [-0.1, -0.05) is 63.3 Å². The Morgan fingerprint density at radius 1 is 1.16 bits per heavy atom. The molecule has 2 unspecified atom stereocenters. The summed E-state index contributed by atoms with van der Waals surface area (Å²) in [5.41, 5.74) is 2.87. The van der Waals surface area contributed by atoms with Crippen LogP contribution in [0.3, 0.4) is 0 Å². The van der Waals surface area contributed by atoms with E-state index in [0.29, 0.717) is 5.92 Å². The van der Waals surface area contributed by atoms with Crippen molar-refractivity contribution >= 4 is 0 Å². The number of aryl methyl sites for hydroxylation is 1. The predicted molar refractivity (Wildman–Crippen MR) is 81.5 cm³/mol. The lowest BCUT2D eigenvalue weighted by molar-refractivity contribution is 0.122. The van der Waals surface area contributed by atoms with Gasteiger partial charge in [0.25, 0.3) is 0 Å². The van der Waals surface area contributed by atoms with Gasteiger partial charge in [0.05, 0.1) is 6.10 Å². The van der Waals surface area contributed by atoms with Gasteiger partial charge in [0.1, 0.15) is 0 Å². The summed E-state index contributed by atoms with van der Waals surface area (Å²) >= 11 is 0. The molecule has 1 aromatic rings. The summed E-state index contributed by atoms with van der Waals surface area (Å²) < 4.78 is 0. The Labute approximate surface area is 118 Å². The molecule has 0 amide bonds. The van der Waals surface area contributed by atoms with Gasteiger partial charge in [-0.3, -0.25) is 0 Å². The van der Waals surface area contributed by atoms with Gasteiger partial charge in [-0.15, -0.1) is 0 Å². The quantitative estimate of drug-likeness (QED) is 0.696. The molecule has 1 nitrogen and oxygen atoms in total. The molecule has 1 N–H and O–H groups in total. The lowest BCUT2D eigenvalue weighted by Crippen LogP contribution is -2.22. The number of benzene rings is 1. The number of hydrogen-bond donors (Lipinski definition) is 1. The Bertz CT molecular complexity index is 372. The summed E-state index contributed by atoms with van der Waals surface area (Å²) in [4.78, 5) is 0. The summed E-state index contributed by atoms with van der Waals surface area (Å²) in [7, 11) is 0. The van der Waals surface area contributed by atoms with Gasteiger partial charge in [0, 0.05) is 5.92 Å². The van der Waals surface area contributed by atoms with E-state index in [-0.39, 0.29) is 6.10 Å². The zero-order valence-corrected chi connectivity index (χ0v) is 12.3. The van der Waals surface area contributed by atoms with Crippen molar-refractivity contribution in [3.05, 3.63) is 35.4 Å². The third-order valence-corrected chi connectivity index (χ3v) is 4.48. The molecule has 1 aliphatic carbocycles. The van der Waals surface area contributed by atoms with Gasteiger partial charge in [-0.05, 0) is 36.8 Å². The largest absolute Gasteiger partial charge is 0.392 e. The first-order chi connectivity index (χ1) is 9.33. The highest BCUT2D eigenvalue weighted by molar-refractivity contribution is 5.33. The topological polar surface area (TPSA) is 20.2 Å². The molecular weight excluding hydrogens is 232 g/mol. The number of aliphatic hydroxyl groups excluding tert-OH is 1. The molecule has 0 bridgehead atoms. The maximum Gasteiger partial charge on any atom is 0.0608 e. The number of fused-ring (bicyclic) bond motifs is 1. The van der Waals surface area contributed by atoms with Crippen LogP contribution in [0.2, 0.25) is 0 Å². The molecule has 0 fully saturated rings. The van der Waals surface area contributed by atoms with Crippen LogP contribution in [-0.2, 0) is 6.42 Å². The maximum atomic E-state index is 10.5. The van der Waals surface area contributed by atoms with E-state index in [2.05, 4.69) is 31.2 Å². The minimum absolute atomic E-state index is 0.136. The molecule has 2 rings (SSSR count). The molecule has 0 heterocycles. The van der Waals surface area contributed by atoms with Crippen molar-refractivity contribution in [3.63, 3.8) is 0 Å². The Hall–Kier alpha value is -0.820. The third kappa shape index (κ3) is 4.07. The molecule has 0 spiro atoms. The van der Waals surface area contributed by atoms with E-state index >= 15 is 0 Å². The summed E-state index contributed by atoms with van der Waals surface area (Å²) in [5.74, 6) is 0.385. The Balaban J connectivity index is 1.84. The van der Waals surface area contributed by atoms with Gasteiger partial charge < -0.3 is 5.11 Å². The predicted octanol–water partition coefficient (Wildman–Crippen LogP) is 4.83. The van der Waals surface area contributed by atoms with Crippen LogP contribution in [0.4, 0.5) is 0 Å². The van der Waals surface area contributed by atoms with Crippen molar-refractivity contribution in [2.45, 2.75) is 76.7 Å². The molecule has 1 heteroatoms. The molecule has 19 heavy (non-hydrogen) atoms. The minimum atomic E-state index is -0.136. The Morgan fingerprint density at radius 2 is 1.95 bits per heavy atom. The number of hydrogen-bond acceptors (Lipinski definition) is 1. The normalized spacial score (nSPS) is 20.0. The van der Waals surface area contributed by atoms with Crippen molar-refractivity contribution in [3.8, 4) is 0 Å². The van der Waals surface area contributed by atoms with Crippen LogP contribution < -0.4 is 0 Å². The zero-order chi connectivity index (χ0) is 13.5. The maximum absolute atomic E-state index is 10.5. The second-order valence-electron chi connectivity index (χ2n) is 5.97. The molecule has 2 atom stereocenters. The average Bonchev–Trinajstić information content (AvgIpc) is 2.46. The monoisotopic (exact) mass is 260 g/mol. The van der Waals surface area contributed by atoms with E-state index in [4.69, 9.17) is 0 Å². The Morgan fingerprint density at radius 3 is 2.79 bits per heavy atom. The van der Waals surface area contributed by atoms with Gasteiger partial charge in [-0.2, -0.15) is 0 Å². The molecule has 1 aromatic carbocycles. The fraction of sp³-hybridized carbons (Fsp3) is 0.667. The zero-order valence-electron chi connectivity index (χ0n) is 12.3. The summed E-state index contributed by atoms with van der Waals surface area (Å²) in [6, 6.07) is 8.69. The van der Waals surface area contributed by atoms with E-state index in [0.717, 1.165) is 12.8 Å². The van der Waals surface area contributed by atoms with Crippen molar-refractivity contribution < 1.29 is 5.11 Å². The fourth-order valence-corrected chi connectivity index (χ4v) is 3.35. The van der Waals surface area contributed by atoms with E-state index in [1.807, 2.05) is 0 Å². The second-order valence-corrected chi connectivity index (χ2v) is 5.97. The molecule has 0 saturated heterocycles. The van der Waals surface area contributed by atoms with Crippen LogP contribution >= 0.6 is 0 Å². The number of unbranched alkanes of at least 4 members (excludes halogenated alkanes) is 4. The molecule has 106 valence electrons. The first kappa shape index (κ1) is 14.6. The van der Waals surface area contributed by atoms with Crippen molar-refractivity contribution in [1.82, 2.24) is 0 Å². The van der Waals surface area contributed by atoms with Crippen LogP contribution in [0.1, 0.15) is 75.3 Å². The van der Waals surface area contributed by atoms with Crippen molar-refractivity contribution in [2.24, 2.45) is 0 Å². The van der Waals surface area contributed by atoms with E-state index in [1.54, 1.807) is 0 Å². The standard InChI is InChI=1S/C18H28O/c1-2-3-4-5-6-14-18(19)17-13-9-11-15-10-7-8-12-16(15)17/h7-8,10,12,17-19H,2-6,9,11,13-14H2,1H3. The van der Waals surface area contributed by atoms with Crippen LogP contribution in [-0.4, -0.2) is 11.2 Å². The van der Waals surface area contributed by atoms with E-state index in [1.165, 1.54) is 56.1 Å². The number of rotatable bonds is 7. The first-order valence-corrected chi connectivity index (χ1v) is 8.08. The highest BCUT2D eigenvalue weighted by atomic mass is 16.3. The van der Waals surface area contributed by atoms with Crippen LogP contribution in [0.15, 0.2) is 24.3 Å². The number of aliphatic hydroxyl groups is 1. The van der Waals surface area contributed by atoms with Gasteiger partial charge in [0.2, 0.25) is 0 Å². The lowest BCUT2D eigenvalue weighted by atomic mass is 9.78. The van der Waals surface area contributed by atoms with Crippen molar-refractivity contribution in [1.29, 1.82) is 0 Å². The third-order valence-electron chi connectivity index (χ3n) is 4.48. The van der Waals surface area contributed by atoms with Gasteiger partial charge in [0.15, 0.2) is 0 Å². The van der Waals surface area contributed by atoms with E-state index in [9.17, 15) is 5.11 Å². The Kier molecular flexibility index (Phi) is 5.91. The lowest BCUT2D eigenvalue weighted by Gasteiger charge is -2.29. The molecule has 0 aromatic heterocycles. The van der Waals surface area contributed by atoms with Gasteiger partial charge in [-0.25, -0.2) is 0 Å². The molecular formula is C18H28O. The van der Waals surface area contributed by atoms with Crippen molar-refractivity contribution in [2.75, 3.05) is 0 Å². The first-order valence-electron chi connectivity index (χ1n) is 8.08. The molecule has 0 radical (unpaired) electrons. The molecule has 1 aliphatic rings. The van der Waals surface area contributed by atoms with Crippen LogP contribution in [0.25, 0.3) is 0 Å². The van der Waals surface area contributed by atoms with E-state index < -0.39 is 0 Å².